The van der Waals surface area contributed by atoms with Crippen LogP contribution in [0.1, 0.15) is 15.9 Å². The fourth-order valence-electron chi connectivity index (χ4n) is 2.56. The van der Waals surface area contributed by atoms with E-state index in [0.717, 1.165) is 0 Å². The van der Waals surface area contributed by atoms with Crippen LogP contribution in [0.5, 0.6) is 17.2 Å². The van der Waals surface area contributed by atoms with Crippen molar-refractivity contribution in [3.8, 4) is 17.2 Å². The molecule has 0 atom stereocenters. The Kier molecular flexibility index (Phi) is 7.50. The molecule has 0 unspecified atom stereocenters. The molecule has 2 aromatic carbocycles. The predicted octanol–water partition coefficient (Wildman–Crippen LogP) is 2.23. The van der Waals surface area contributed by atoms with Gasteiger partial charge in [-0.25, -0.2) is 4.79 Å². The minimum atomic E-state index is -0.580. The molecule has 0 saturated carbocycles. The monoisotopic (exact) mass is 388 g/mol. The zero-order valence-electron chi connectivity index (χ0n) is 16.3. The number of rotatable bonds is 9. The molecular formula is C20H24N2O6. The summed E-state index contributed by atoms with van der Waals surface area (Å²) in [6.07, 6.45) is 0. The van der Waals surface area contributed by atoms with Crippen LogP contribution >= 0.6 is 0 Å². The van der Waals surface area contributed by atoms with Crippen LogP contribution in [0, 0.1) is 0 Å². The third-order valence-electron chi connectivity index (χ3n) is 4.01. The van der Waals surface area contributed by atoms with Gasteiger partial charge >= 0.3 is 5.97 Å². The summed E-state index contributed by atoms with van der Waals surface area (Å²) in [5, 5.41) is 5.60. The molecule has 0 saturated heterocycles. The number of carbonyl (C=O) groups is 2. The third-order valence-corrected chi connectivity index (χ3v) is 4.01. The summed E-state index contributed by atoms with van der Waals surface area (Å²) < 4.78 is 20.9. The van der Waals surface area contributed by atoms with Gasteiger partial charge in [0.1, 0.15) is 5.75 Å². The summed E-state index contributed by atoms with van der Waals surface area (Å²) in [6, 6.07) is 10.3. The number of hydrogen-bond acceptors (Lipinski definition) is 7. The van der Waals surface area contributed by atoms with Crippen LogP contribution in [0.2, 0.25) is 0 Å². The second kappa shape index (κ2) is 10.1. The van der Waals surface area contributed by atoms with Crippen molar-refractivity contribution in [3.63, 3.8) is 0 Å². The van der Waals surface area contributed by atoms with Gasteiger partial charge in [0.05, 0.1) is 26.9 Å². The molecule has 0 spiro atoms. The first kappa shape index (κ1) is 20.9. The highest BCUT2D eigenvalue weighted by atomic mass is 16.5. The number of amides is 1. The van der Waals surface area contributed by atoms with Crippen molar-refractivity contribution < 1.29 is 28.5 Å². The van der Waals surface area contributed by atoms with Gasteiger partial charge in [-0.05, 0) is 18.2 Å². The Balaban J connectivity index is 1.96. The lowest BCUT2D eigenvalue weighted by Gasteiger charge is -2.14. The maximum atomic E-state index is 12.2. The lowest BCUT2D eigenvalue weighted by molar-refractivity contribution is -0.124. The Hall–Kier alpha value is -3.42. The molecule has 1 amide bonds. The number of carbonyl (C=O) groups excluding carboxylic acids is 2. The number of para-hydroxylation sites is 1. The summed E-state index contributed by atoms with van der Waals surface area (Å²) in [7, 11) is 6.28. The summed E-state index contributed by atoms with van der Waals surface area (Å²) in [5.74, 6) is 0.558. The fourth-order valence-corrected chi connectivity index (χ4v) is 2.56. The highest BCUT2D eigenvalue weighted by Gasteiger charge is 2.15. The van der Waals surface area contributed by atoms with Gasteiger partial charge in [0, 0.05) is 30.9 Å². The van der Waals surface area contributed by atoms with E-state index >= 15 is 0 Å². The molecule has 0 heterocycles. The van der Waals surface area contributed by atoms with E-state index in [1.165, 1.54) is 21.3 Å². The number of methoxy groups -OCH3 is 3. The van der Waals surface area contributed by atoms with E-state index < -0.39 is 18.5 Å². The molecule has 2 aromatic rings. The van der Waals surface area contributed by atoms with Gasteiger partial charge in [0.15, 0.2) is 18.1 Å². The maximum Gasteiger partial charge on any atom is 0.340 e. The molecule has 0 fully saturated rings. The molecule has 0 aliphatic carbocycles. The Morgan fingerprint density at radius 1 is 0.929 bits per heavy atom. The minimum absolute atomic E-state index is 0.174. The Morgan fingerprint density at radius 2 is 1.57 bits per heavy atom. The molecule has 0 aromatic heterocycles. The van der Waals surface area contributed by atoms with Gasteiger partial charge in [0.2, 0.25) is 0 Å². The van der Waals surface area contributed by atoms with E-state index in [2.05, 4.69) is 10.6 Å². The Bertz CT molecular complexity index is 837. The fraction of sp³-hybridized carbons (Fsp3) is 0.300. The molecule has 0 aliphatic heterocycles. The first-order chi connectivity index (χ1) is 13.5. The summed E-state index contributed by atoms with van der Waals surface area (Å²) in [5.41, 5.74) is 1.68. The first-order valence-corrected chi connectivity index (χ1v) is 8.53. The molecule has 28 heavy (non-hydrogen) atoms. The van der Waals surface area contributed by atoms with E-state index in [1.54, 1.807) is 43.4 Å². The number of nitrogens with one attached hydrogen (secondary N) is 2. The minimum Gasteiger partial charge on any atom is -0.496 e. The maximum absolute atomic E-state index is 12.2. The van der Waals surface area contributed by atoms with Gasteiger partial charge in [0.25, 0.3) is 5.91 Å². The number of esters is 1. The Labute approximate surface area is 163 Å². The average Bonchev–Trinajstić information content (AvgIpc) is 2.74. The summed E-state index contributed by atoms with van der Waals surface area (Å²) in [4.78, 5) is 24.2. The van der Waals surface area contributed by atoms with Gasteiger partial charge < -0.3 is 29.6 Å². The number of benzene rings is 2. The smallest absolute Gasteiger partial charge is 0.340 e. The molecule has 8 nitrogen and oxygen atoms in total. The summed E-state index contributed by atoms with van der Waals surface area (Å²) >= 11 is 0. The van der Waals surface area contributed by atoms with E-state index in [9.17, 15) is 9.59 Å². The first-order valence-electron chi connectivity index (χ1n) is 8.53. The summed E-state index contributed by atoms with van der Waals surface area (Å²) in [6.45, 7) is -0.223. The van der Waals surface area contributed by atoms with Gasteiger partial charge in [-0.3, -0.25) is 4.79 Å². The van der Waals surface area contributed by atoms with E-state index in [1.807, 2.05) is 0 Å². The van der Waals surface area contributed by atoms with Crippen molar-refractivity contribution in [1.82, 2.24) is 5.32 Å². The number of anilines is 1. The lowest BCUT2D eigenvalue weighted by Crippen LogP contribution is -2.28. The molecule has 0 aliphatic rings. The number of ether oxygens (including phenoxy) is 4. The average molecular weight is 388 g/mol. The zero-order chi connectivity index (χ0) is 20.5. The van der Waals surface area contributed by atoms with Crippen molar-refractivity contribution in [2.75, 3.05) is 40.3 Å². The van der Waals surface area contributed by atoms with Crippen LogP contribution < -0.4 is 24.8 Å². The van der Waals surface area contributed by atoms with E-state index in [0.29, 0.717) is 34.1 Å². The van der Waals surface area contributed by atoms with Crippen molar-refractivity contribution in [2.24, 2.45) is 0 Å². The lowest BCUT2D eigenvalue weighted by atomic mass is 10.1. The number of hydrogen-bond donors (Lipinski definition) is 2. The van der Waals surface area contributed by atoms with E-state index in [-0.39, 0.29) is 6.54 Å². The SMILES string of the molecule is CNc1ccccc1C(=O)OCC(=O)NCc1cc(OC)c(OC)cc1OC. The standard InChI is InChI=1S/C20H24N2O6/c1-21-15-8-6-5-7-14(15)20(24)28-12-19(23)22-11-13-9-17(26-3)18(27-4)10-16(13)25-2/h5-10,21H,11-12H2,1-4H3,(H,22,23). The van der Waals surface area contributed by atoms with Crippen molar-refractivity contribution in [3.05, 3.63) is 47.5 Å². The van der Waals surface area contributed by atoms with Crippen molar-refractivity contribution >= 4 is 17.6 Å². The van der Waals surface area contributed by atoms with Crippen LogP contribution in [0.4, 0.5) is 5.69 Å². The van der Waals surface area contributed by atoms with Crippen LogP contribution in [0.25, 0.3) is 0 Å². The normalized spacial score (nSPS) is 10.0. The van der Waals surface area contributed by atoms with Crippen molar-refractivity contribution in [2.45, 2.75) is 6.54 Å². The molecule has 2 N–H and O–H groups in total. The van der Waals surface area contributed by atoms with Crippen molar-refractivity contribution in [1.29, 1.82) is 0 Å². The second-order valence-electron chi connectivity index (χ2n) is 5.67. The quantitative estimate of drug-likeness (QED) is 0.636. The topological polar surface area (TPSA) is 95.1 Å². The molecular weight excluding hydrogens is 364 g/mol. The molecule has 150 valence electrons. The molecule has 8 heteroatoms. The van der Waals surface area contributed by atoms with Crippen LogP contribution in [0.15, 0.2) is 36.4 Å². The molecule has 0 radical (unpaired) electrons. The second-order valence-corrected chi connectivity index (χ2v) is 5.67. The molecule has 2 rings (SSSR count). The Morgan fingerprint density at radius 3 is 2.21 bits per heavy atom. The highest BCUT2D eigenvalue weighted by Crippen LogP contribution is 2.34. The van der Waals surface area contributed by atoms with E-state index in [4.69, 9.17) is 18.9 Å². The zero-order valence-corrected chi connectivity index (χ0v) is 16.3. The molecule has 0 bridgehead atoms. The van der Waals surface area contributed by atoms with Crippen LogP contribution in [0.3, 0.4) is 0 Å². The van der Waals surface area contributed by atoms with Gasteiger partial charge in [-0.1, -0.05) is 12.1 Å². The largest absolute Gasteiger partial charge is 0.496 e. The predicted molar refractivity (Wildman–Crippen MR) is 104 cm³/mol. The van der Waals surface area contributed by atoms with Gasteiger partial charge in [-0.15, -0.1) is 0 Å². The van der Waals surface area contributed by atoms with Gasteiger partial charge in [-0.2, -0.15) is 0 Å². The van der Waals surface area contributed by atoms with Crippen LogP contribution in [-0.2, 0) is 16.1 Å². The third kappa shape index (κ3) is 5.06. The van der Waals surface area contributed by atoms with Crippen LogP contribution in [-0.4, -0.2) is 46.9 Å². The highest BCUT2D eigenvalue weighted by molar-refractivity contribution is 5.96.